The molecular weight excluding hydrogens is 465 g/mol. The lowest BCUT2D eigenvalue weighted by Crippen LogP contribution is -2.52. The average molecular weight is 490 g/mol. The number of carbonyl (C=O) groups excluding carboxylic acids is 3. The fourth-order valence-electron chi connectivity index (χ4n) is 3.92. The van der Waals surface area contributed by atoms with Gasteiger partial charge < -0.3 is 19.3 Å². The van der Waals surface area contributed by atoms with Gasteiger partial charge in [-0.1, -0.05) is 18.5 Å². The molecule has 34 heavy (non-hydrogen) atoms. The molecule has 0 spiro atoms. The van der Waals surface area contributed by atoms with Crippen LogP contribution in [0.15, 0.2) is 36.4 Å². The molecule has 2 aliphatic rings. The van der Waals surface area contributed by atoms with Crippen molar-refractivity contribution in [2.24, 2.45) is 0 Å². The molecule has 0 N–H and O–H groups in total. The molecule has 0 saturated carbocycles. The molecule has 0 bridgehead atoms. The molecule has 2 aromatic rings. The third-order valence-electron chi connectivity index (χ3n) is 5.94. The Bertz CT molecular complexity index is 1100. The monoisotopic (exact) mass is 489 g/mol. The number of halogens is 2. The SMILES string of the molecule is CCN1CCN(C(=O)CN2C(=O)COc3ccc(C(=O)COc4ccc(Cl)cc4F)cc32)CC1. The summed E-state index contributed by atoms with van der Waals surface area (Å²) in [6, 6.07) is 8.53. The number of fused-ring (bicyclic) bond motifs is 1. The van der Waals surface area contributed by atoms with Gasteiger partial charge in [0.2, 0.25) is 5.91 Å². The predicted octanol–water partition coefficient (Wildman–Crippen LogP) is 2.63. The Labute approximate surface area is 201 Å². The van der Waals surface area contributed by atoms with Gasteiger partial charge in [0.05, 0.1) is 5.69 Å². The fraction of sp³-hybridized carbons (Fsp3) is 0.375. The Balaban J connectivity index is 1.46. The number of ether oxygens (including phenoxy) is 2. The maximum absolute atomic E-state index is 13.9. The number of carbonyl (C=O) groups is 3. The van der Waals surface area contributed by atoms with Gasteiger partial charge in [0.25, 0.3) is 5.91 Å². The highest BCUT2D eigenvalue weighted by Gasteiger charge is 2.30. The van der Waals surface area contributed by atoms with Gasteiger partial charge in [-0.25, -0.2) is 4.39 Å². The number of nitrogens with zero attached hydrogens (tertiary/aromatic N) is 3. The van der Waals surface area contributed by atoms with Gasteiger partial charge in [-0.05, 0) is 42.9 Å². The third-order valence-corrected chi connectivity index (χ3v) is 6.18. The summed E-state index contributed by atoms with van der Waals surface area (Å²) in [7, 11) is 0. The van der Waals surface area contributed by atoms with E-state index in [0.717, 1.165) is 25.7 Å². The van der Waals surface area contributed by atoms with E-state index in [1.165, 1.54) is 23.1 Å². The van der Waals surface area contributed by atoms with Crippen molar-refractivity contribution in [2.75, 3.05) is 57.4 Å². The molecule has 0 aliphatic carbocycles. The fourth-order valence-corrected chi connectivity index (χ4v) is 4.08. The van der Waals surface area contributed by atoms with E-state index >= 15 is 0 Å². The zero-order valence-electron chi connectivity index (χ0n) is 18.8. The van der Waals surface area contributed by atoms with E-state index in [2.05, 4.69) is 11.8 Å². The van der Waals surface area contributed by atoms with Crippen LogP contribution < -0.4 is 14.4 Å². The summed E-state index contributed by atoms with van der Waals surface area (Å²) in [6.45, 7) is 5.09. The quantitative estimate of drug-likeness (QED) is 0.556. The number of amides is 2. The molecule has 1 fully saturated rings. The van der Waals surface area contributed by atoms with Crippen molar-refractivity contribution < 1.29 is 28.2 Å². The zero-order chi connectivity index (χ0) is 24.2. The van der Waals surface area contributed by atoms with Crippen LogP contribution in [0.1, 0.15) is 17.3 Å². The van der Waals surface area contributed by atoms with E-state index in [9.17, 15) is 18.8 Å². The average Bonchev–Trinajstić information content (AvgIpc) is 2.84. The first-order chi connectivity index (χ1) is 16.4. The highest BCUT2D eigenvalue weighted by atomic mass is 35.5. The number of hydrogen-bond donors (Lipinski definition) is 0. The van der Waals surface area contributed by atoms with Crippen LogP contribution >= 0.6 is 11.6 Å². The molecule has 2 aromatic carbocycles. The van der Waals surface area contributed by atoms with E-state index in [-0.39, 0.29) is 41.3 Å². The van der Waals surface area contributed by atoms with Gasteiger partial charge in [0.1, 0.15) is 12.3 Å². The number of Topliss-reactive ketones (excluding diaryl/α,β-unsaturated/α-hetero) is 1. The minimum atomic E-state index is -0.672. The summed E-state index contributed by atoms with van der Waals surface area (Å²) in [5.74, 6) is -1.30. The summed E-state index contributed by atoms with van der Waals surface area (Å²) in [5, 5.41) is 0.220. The van der Waals surface area contributed by atoms with E-state index in [4.69, 9.17) is 21.1 Å². The van der Waals surface area contributed by atoms with Gasteiger partial charge in [0.15, 0.2) is 30.6 Å². The normalized spacial score (nSPS) is 16.1. The van der Waals surface area contributed by atoms with Crippen molar-refractivity contribution in [1.29, 1.82) is 0 Å². The Morgan fingerprint density at radius 3 is 2.59 bits per heavy atom. The second kappa shape index (κ2) is 10.4. The lowest BCUT2D eigenvalue weighted by atomic mass is 10.1. The first-order valence-corrected chi connectivity index (χ1v) is 11.4. The smallest absolute Gasteiger partial charge is 0.265 e. The number of benzene rings is 2. The molecule has 1 saturated heterocycles. The van der Waals surface area contributed by atoms with Gasteiger partial charge in [0, 0.05) is 36.8 Å². The second-order valence-electron chi connectivity index (χ2n) is 8.05. The molecule has 2 aliphatic heterocycles. The maximum Gasteiger partial charge on any atom is 0.265 e. The largest absolute Gasteiger partial charge is 0.482 e. The Morgan fingerprint density at radius 2 is 1.88 bits per heavy atom. The molecular formula is C24H25ClFN3O5. The molecule has 10 heteroatoms. The molecule has 0 radical (unpaired) electrons. The number of ketones is 1. The van der Waals surface area contributed by atoms with Gasteiger partial charge in [-0.2, -0.15) is 0 Å². The minimum absolute atomic E-state index is 0.0929. The van der Waals surface area contributed by atoms with Gasteiger partial charge in [-0.3, -0.25) is 19.3 Å². The van der Waals surface area contributed by atoms with Crippen molar-refractivity contribution in [3.63, 3.8) is 0 Å². The number of likely N-dealkylation sites (N-methyl/N-ethyl adjacent to an activating group) is 1. The highest BCUT2D eigenvalue weighted by molar-refractivity contribution is 6.30. The van der Waals surface area contributed by atoms with E-state index in [1.54, 1.807) is 17.0 Å². The van der Waals surface area contributed by atoms with Crippen LogP contribution in [-0.4, -0.2) is 79.9 Å². The van der Waals surface area contributed by atoms with Gasteiger partial charge >= 0.3 is 0 Å². The standard InChI is InChI=1S/C24H25ClFN3O5/c1-2-27-7-9-28(10-8-27)23(31)13-29-19-11-16(3-5-22(19)34-15-24(29)32)20(30)14-33-21-6-4-17(25)12-18(21)26/h3-6,11-12H,2,7-10,13-15H2,1H3. The van der Waals surface area contributed by atoms with E-state index in [1.807, 2.05) is 0 Å². The molecule has 0 atom stereocenters. The molecule has 2 heterocycles. The second-order valence-corrected chi connectivity index (χ2v) is 8.49. The minimum Gasteiger partial charge on any atom is -0.482 e. The maximum atomic E-state index is 13.9. The summed E-state index contributed by atoms with van der Waals surface area (Å²) in [6.07, 6.45) is 0. The van der Waals surface area contributed by atoms with Crippen molar-refractivity contribution in [2.45, 2.75) is 6.92 Å². The van der Waals surface area contributed by atoms with Crippen molar-refractivity contribution in [3.8, 4) is 11.5 Å². The van der Waals surface area contributed by atoms with Crippen molar-refractivity contribution >= 4 is 34.9 Å². The number of rotatable bonds is 7. The Hall–Kier alpha value is -3.17. The van der Waals surface area contributed by atoms with Crippen LogP contribution in [0.2, 0.25) is 5.02 Å². The molecule has 8 nitrogen and oxygen atoms in total. The van der Waals surface area contributed by atoms with Crippen LogP contribution in [0, 0.1) is 5.82 Å². The van der Waals surface area contributed by atoms with Crippen LogP contribution in [0.3, 0.4) is 0 Å². The molecule has 180 valence electrons. The number of hydrogen-bond acceptors (Lipinski definition) is 6. The Morgan fingerprint density at radius 1 is 1.12 bits per heavy atom. The Kier molecular flexibility index (Phi) is 7.33. The lowest BCUT2D eigenvalue weighted by Gasteiger charge is -2.36. The zero-order valence-corrected chi connectivity index (χ0v) is 19.5. The topological polar surface area (TPSA) is 79.4 Å². The number of anilines is 1. The van der Waals surface area contributed by atoms with Crippen LogP contribution in [-0.2, 0) is 9.59 Å². The molecule has 0 aromatic heterocycles. The molecule has 4 rings (SSSR count). The summed E-state index contributed by atoms with van der Waals surface area (Å²) < 4.78 is 24.7. The van der Waals surface area contributed by atoms with Crippen LogP contribution in [0.25, 0.3) is 0 Å². The van der Waals surface area contributed by atoms with Crippen LogP contribution in [0.5, 0.6) is 11.5 Å². The number of piperazine rings is 1. The van der Waals surface area contributed by atoms with E-state index < -0.39 is 18.2 Å². The summed E-state index contributed by atoms with van der Waals surface area (Å²) >= 11 is 5.73. The summed E-state index contributed by atoms with van der Waals surface area (Å²) in [4.78, 5) is 43.5. The third kappa shape index (κ3) is 5.31. The van der Waals surface area contributed by atoms with Crippen molar-refractivity contribution in [3.05, 3.63) is 52.8 Å². The van der Waals surface area contributed by atoms with Crippen molar-refractivity contribution in [1.82, 2.24) is 9.80 Å². The summed E-state index contributed by atoms with van der Waals surface area (Å²) in [5.41, 5.74) is 0.598. The molecule has 2 amide bonds. The van der Waals surface area contributed by atoms with Gasteiger partial charge in [-0.15, -0.1) is 0 Å². The molecule has 0 unspecified atom stereocenters. The highest BCUT2D eigenvalue weighted by Crippen LogP contribution is 2.33. The lowest BCUT2D eigenvalue weighted by molar-refractivity contribution is -0.133. The van der Waals surface area contributed by atoms with Crippen LogP contribution in [0.4, 0.5) is 10.1 Å². The first kappa shape index (κ1) is 24.0. The van der Waals surface area contributed by atoms with E-state index in [0.29, 0.717) is 24.5 Å². The predicted molar refractivity (Wildman–Crippen MR) is 124 cm³/mol. The first-order valence-electron chi connectivity index (χ1n) is 11.0.